The Kier molecular flexibility index (Phi) is 40.2. The summed E-state index contributed by atoms with van der Waals surface area (Å²) in [5.74, 6) is -12.2. The number of amides is 1. The molecule has 0 aliphatic carbocycles. The lowest BCUT2D eigenvalue weighted by Gasteiger charge is -2.38. The molecule has 0 spiro atoms. The van der Waals surface area contributed by atoms with Crippen molar-refractivity contribution in [2.24, 2.45) is 87.8 Å². The van der Waals surface area contributed by atoms with Gasteiger partial charge in [0, 0.05) is 59.7 Å². The van der Waals surface area contributed by atoms with E-state index < -0.39 is 161 Å². The molecule has 0 saturated carbocycles. The average Bonchev–Trinajstić information content (AvgIpc) is 0.853. The van der Waals surface area contributed by atoms with Crippen molar-refractivity contribution in [2.45, 2.75) is 288 Å². The van der Waals surface area contributed by atoms with Gasteiger partial charge in [-0.1, -0.05) is 171 Å². The van der Waals surface area contributed by atoms with E-state index >= 15 is 0 Å². The number of aliphatic hydroxyl groups excluding tert-OH is 10. The predicted molar refractivity (Wildman–Crippen MR) is 399 cm³/mol. The molecule has 20 heteroatoms. The van der Waals surface area contributed by atoms with Crippen LogP contribution in [0.2, 0.25) is 0 Å². The molecule has 102 heavy (non-hydrogen) atoms. The van der Waals surface area contributed by atoms with E-state index in [2.05, 4.69) is 12.2 Å². The summed E-state index contributed by atoms with van der Waals surface area (Å²) in [6.45, 7) is 35.3. The van der Waals surface area contributed by atoms with Crippen LogP contribution in [0.4, 0.5) is 0 Å². The van der Waals surface area contributed by atoms with Gasteiger partial charge in [0.15, 0.2) is 17.7 Å². The molecule has 1 saturated heterocycles. The first-order valence-electron chi connectivity index (χ1n) is 37.4. The van der Waals surface area contributed by atoms with E-state index in [9.17, 15) is 84.9 Å². The molecule has 2 aliphatic heterocycles. The molecular weight excluding hydrogens is 1300 g/mol. The van der Waals surface area contributed by atoms with Crippen LogP contribution in [0.1, 0.15) is 209 Å². The third-order valence-electron chi connectivity index (χ3n) is 21.3. The smallest absolute Gasteiger partial charge is 0.333 e. The summed E-state index contributed by atoms with van der Waals surface area (Å²) in [4.78, 5) is 81.2. The summed E-state index contributed by atoms with van der Waals surface area (Å²) < 4.78 is 12.5. The van der Waals surface area contributed by atoms with Gasteiger partial charge in [0.2, 0.25) is 5.91 Å². The van der Waals surface area contributed by atoms with Crippen LogP contribution in [0, 0.1) is 87.8 Å². The first-order chi connectivity index (χ1) is 47.3. The number of aliphatic hydroxyl groups is 10. The van der Waals surface area contributed by atoms with Gasteiger partial charge in [0.05, 0.1) is 79.6 Å². The molecule has 582 valence electrons. The van der Waals surface area contributed by atoms with Crippen molar-refractivity contribution >= 4 is 35.2 Å². The highest BCUT2D eigenvalue weighted by Crippen LogP contribution is 2.38. The molecule has 0 aromatic rings. The van der Waals surface area contributed by atoms with E-state index in [0.717, 1.165) is 12.5 Å². The van der Waals surface area contributed by atoms with E-state index in [1.54, 1.807) is 120 Å². The van der Waals surface area contributed by atoms with E-state index in [4.69, 9.17) is 9.47 Å². The maximum Gasteiger partial charge on any atom is 0.333 e. The second kappa shape index (κ2) is 44.1. The van der Waals surface area contributed by atoms with E-state index in [-0.39, 0.29) is 86.2 Å². The van der Waals surface area contributed by atoms with Crippen molar-refractivity contribution in [3.63, 3.8) is 0 Å². The quantitative estimate of drug-likeness (QED) is 0.0197. The van der Waals surface area contributed by atoms with Gasteiger partial charge < -0.3 is 71.0 Å². The number of rotatable bonds is 28. The Hall–Kier alpha value is -5.10. The normalized spacial score (nSPS) is 30.2. The second-order valence-corrected chi connectivity index (χ2v) is 32.6. The maximum absolute atomic E-state index is 14.3. The zero-order valence-electron chi connectivity index (χ0n) is 65.2. The summed E-state index contributed by atoms with van der Waals surface area (Å²) in [5.41, 5.74) is -0.526. The molecule has 23 unspecified atom stereocenters. The van der Waals surface area contributed by atoms with E-state index in [0.29, 0.717) is 42.4 Å². The molecule has 0 aromatic heterocycles. The molecule has 0 radical (unpaired) electrons. The fourth-order valence-electron chi connectivity index (χ4n) is 14.2. The van der Waals surface area contributed by atoms with Gasteiger partial charge >= 0.3 is 11.9 Å². The number of carboxylic acids is 1. The van der Waals surface area contributed by atoms with Gasteiger partial charge in [-0.15, -0.1) is 0 Å². The van der Waals surface area contributed by atoms with Gasteiger partial charge in [-0.05, 0) is 150 Å². The summed E-state index contributed by atoms with van der Waals surface area (Å²) in [6.07, 6.45) is 11.2. The number of fused-ring (bicyclic) bond motifs is 2. The first-order valence-corrected chi connectivity index (χ1v) is 37.4. The molecule has 2 rings (SSSR count). The molecule has 12 N–H and O–H groups in total. The lowest BCUT2D eigenvalue weighted by Crippen LogP contribution is -2.53. The van der Waals surface area contributed by atoms with Crippen molar-refractivity contribution in [3.8, 4) is 0 Å². The Morgan fingerprint density at radius 3 is 1.93 bits per heavy atom. The summed E-state index contributed by atoms with van der Waals surface area (Å²) >= 11 is 0. The number of ketones is 3. The van der Waals surface area contributed by atoms with Gasteiger partial charge in [-0.2, -0.15) is 0 Å². The van der Waals surface area contributed by atoms with Crippen LogP contribution in [-0.4, -0.2) is 177 Å². The maximum atomic E-state index is 14.3. The van der Waals surface area contributed by atoms with Gasteiger partial charge in [0.25, 0.3) is 0 Å². The highest BCUT2D eigenvalue weighted by atomic mass is 16.5. The van der Waals surface area contributed by atoms with Crippen molar-refractivity contribution in [1.29, 1.82) is 0 Å². The molecule has 1 amide bonds. The molecule has 2 bridgehead atoms. The monoisotopic (exact) mass is 1440 g/mol. The lowest BCUT2D eigenvalue weighted by atomic mass is 9.73. The van der Waals surface area contributed by atoms with E-state index in [1.807, 2.05) is 65.8 Å². The molecule has 2 aliphatic rings. The van der Waals surface area contributed by atoms with E-state index in [1.165, 1.54) is 19.1 Å². The molecular formula is C82H135NO19. The van der Waals surface area contributed by atoms with Crippen LogP contribution in [-0.2, 0) is 38.2 Å². The highest BCUT2D eigenvalue weighted by molar-refractivity contribution is 5.95. The third-order valence-corrected chi connectivity index (χ3v) is 21.3. The number of hydrogen-bond acceptors (Lipinski definition) is 18. The number of nitrogens with one attached hydrogen (secondary N) is 1. The summed E-state index contributed by atoms with van der Waals surface area (Å²) in [6, 6.07) is -1.05. The number of aliphatic carboxylic acids is 1. The SMILES string of the molecule is C/C1=C\CC(C(C)C(O)C(NC(=O)C(C)C(O)CCC(C)C(O)/C(C)=C/C(C)(C)C(O)C(CC(=O)/C=C/C(C)(C)C(=O)C(C)C(O)C(C)C)CC(C)C)C(C)C)OC(=O)C(C(O)C(=O)O)CC(=O)/C=C/C=C/CC/C=C/C=C/C(CO)C2CC(C)CC(CC(O)C(C)C(O)/C(C)=C/C(C)C1O)O2. The van der Waals surface area contributed by atoms with Gasteiger partial charge in [-0.25, -0.2) is 4.79 Å². The fraction of sp³-hybridized carbons (Fsp3) is 0.732. The average molecular weight is 1440 g/mol. The highest BCUT2D eigenvalue weighted by Gasteiger charge is 2.42. The zero-order valence-corrected chi connectivity index (χ0v) is 65.2. The minimum absolute atomic E-state index is 0.00772. The Morgan fingerprint density at radius 2 is 1.36 bits per heavy atom. The van der Waals surface area contributed by atoms with Crippen LogP contribution in [0.5, 0.6) is 0 Å². The van der Waals surface area contributed by atoms with Crippen LogP contribution in [0.3, 0.4) is 0 Å². The third kappa shape index (κ3) is 30.0. The van der Waals surface area contributed by atoms with Crippen LogP contribution >= 0.6 is 0 Å². The van der Waals surface area contributed by atoms with Crippen molar-refractivity contribution < 1.29 is 94.4 Å². The topological polar surface area (TPSA) is 355 Å². The number of allylic oxidation sites excluding steroid dienone is 9. The van der Waals surface area contributed by atoms with Crippen molar-refractivity contribution in [1.82, 2.24) is 5.32 Å². The van der Waals surface area contributed by atoms with Crippen LogP contribution in [0.15, 0.2) is 95.7 Å². The number of ether oxygens (including phenoxy) is 2. The Labute approximate surface area is 610 Å². The second-order valence-electron chi connectivity index (χ2n) is 32.6. The standard InChI is InChI=1S/C82H135NO19/c1-46(2)37-60(41-62(86)35-36-81(17,18)76(95)58(16)70(89)48(5)6)77(96)82(19,20)44-54(12)72(91)50(8)31-33-65(87)56(14)78(97)83-69(47(3)4)74(93)57(15)67-34-32-51(9)71(90)52(10)40-53(11)73(92)55(13)66(88)43-63-38-49(7)39-68(101-63)59(45-84)29-27-25-23-21-22-24-26-28-30-61(85)42-64(80(100)102-67)75(94)79(98)99/h23-30,32,35-36,40,44,46-50,52,55-60,63-75,77,84,87-94,96H,21-22,31,33-34,37-39,41-43,45H2,1-20H3,(H,83,97)(H,98,99)/b25-23+,26-24+,29-27+,30-28+,36-35+,51-32+,53-40+,54-44+. The zero-order chi connectivity index (χ0) is 78.0. The minimum Gasteiger partial charge on any atom is -0.479 e. The number of esters is 1. The Balaban J connectivity index is 2.47. The molecule has 23 atom stereocenters. The number of carbonyl (C=O) groups excluding carboxylic acids is 5. The number of carbonyl (C=O) groups is 6. The summed E-state index contributed by atoms with van der Waals surface area (Å²) in [7, 11) is 0. The molecule has 2 heterocycles. The lowest BCUT2D eigenvalue weighted by molar-refractivity contribution is -0.171. The molecule has 20 nitrogen and oxygen atoms in total. The minimum atomic E-state index is -2.39. The van der Waals surface area contributed by atoms with Crippen molar-refractivity contribution in [2.75, 3.05) is 6.61 Å². The number of carboxylic acid groups (broad SMARTS) is 1. The van der Waals surface area contributed by atoms with Crippen molar-refractivity contribution in [3.05, 3.63) is 95.7 Å². The number of Topliss-reactive ketones (excluding diaryl/α,β-unsaturated/α-hetero) is 1. The Bertz CT molecular complexity index is 2880. The largest absolute Gasteiger partial charge is 0.479 e. The van der Waals surface area contributed by atoms with Gasteiger partial charge in [-0.3, -0.25) is 24.0 Å². The molecule has 0 aromatic carbocycles. The number of cyclic esters (lactones) is 1. The summed E-state index contributed by atoms with van der Waals surface area (Å²) in [5, 5.41) is 127. The van der Waals surface area contributed by atoms with Crippen LogP contribution in [0.25, 0.3) is 0 Å². The predicted octanol–water partition coefficient (Wildman–Crippen LogP) is 10.4. The Morgan fingerprint density at radius 1 is 0.755 bits per heavy atom. The molecule has 1 fully saturated rings. The number of hydrogen-bond donors (Lipinski definition) is 12. The van der Waals surface area contributed by atoms with Gasteiger partial charge in [0.1, 0.15) is 17.8 Å². The first kappa shape index (κ1) is 93.0. The van der Waals surface area contributed by atoms with Crippen LogP contribution < -0.4 is 5.32 Å². The fourth-order valence-corrected chi connectivity index (χ4v) is 14.2.